The second-order valence-electron chi connectivity index (χ2n) is 5.40. The van der Waals surface area contributed by atoms with Gasteiger partial charge in [0.15, 0.2) is 10.4 Å². The van der Waals surface area contributed by atoms with Crippen LogP contribution < -0.4 is 0 Å². The van der Waals surface area contributed by atoms with Crippen molar-refractivity contribution in [1.29, 1.82) is 0 Å². The van der Waals surface area contributed by atoms with Crippen molar-refractivity contribution in [3.05, 3.63) is 22.1 Å². The number of nitrogens with zero attached hydrogens (tertiary/aromatic N) is 3. The maximum absolute atomic E-state index is 5.99. The van der Waals surface area contributed by atoms with Gasteiger partial charge in [0.2, 0.25) is 0 Å². The second kappa shape index (κ2) is 5.84. The lowest BCUT2D eigenvalue weighted by Gasteiger charge is -2.32. The van der Waals surface area contributed by atoms with Crippen LogP contribution in [-0.2, 0) is 0 Å². The van der Waals surface area contributed by atoms with Gasteiger partial charge < -0.3 is 9.88 Å². The fourth-order valence-electron chi connectivity index (χ4n) is 3.04. The first-order valence-corrected chi connectivity index (χ1v) is 7.95. The number of imidazole rings is 1. The van der Waals surface area contributed by atoms with Gasteiger partial charge in [-0.2, -0.15) is 0 Å². The van der Waals surface area contributed by atoms with Crippen molar-refractivity contribution in [2.45, 2.75) is 32.2 Å². The van der Waals surface area contributed by atoms with E-state index in [9.17, 15) is 0 Å². The van der Waals surface area contributed by atoms with Crippen LogP contribution in [0.15, 0.2) is 12.3 Å². The van der Waals surface area contributed by atoms with Crippen LogP contribution in [0.4, 0.5) is 0 Å². The fourth-order valence-corrected chi connectivity index (χ4v) is 3.55. The molecule has 0 unspecified atom stereocenters. The number of hydrogen-bond acceptors (Lipinski definition) is 3. The number of H-pyrrole nitrogens is 1. The van der Waals surface area contributed by atoms with Crippen molar-refractivity contribution >= 4 is 35.0 Å². The number of aromatic amines is 1. The Morgan fingerprint density at radius 3 is 2.90 bits per heavy atom. The summed E-state index contributed by atoms with van der Waals surface area (Å²) < 4.78 is 2.92. The lowest BCUT2D eigenvalue weighted by atomic mass is 10.0. The van der Waals surface area contributed by atoms with Gasteiger partial charge in [-0.05, 0) is 44.1 Å². The summed E-state index contributed by atoms with van der Waals surface area (Å²) >= 11 is 11.5. The zero-order valence-corrected chi connectivity index (χ0v) is 13.2. The van der Waals surface area contributed by atoms with Crippen molar-refractivity contribution in [1.82, 2.24) is 19.4 Å². The topological polar surface area (TPSA) is 36.9 Å². The molecule has 4 nitrogen and oxygen atoms in total. The van der Waals surface area contributed by atoms with Crippen molar-refractivity contribution in [3.8, 4) is 0 Å². The highest BCUT2D eigenvalue weighted by Gasteiger charge is 2.22. The Morgan fingerprint density at radius 2 is 2.20 bits per heavy atom. The third-order valence-electron chi connectivity index (χ3n) is 3.98. The van der Waals surface area contributed by atoms with E-state index in [4.69, 9.17) is 23.8 Å². The molecule has 1 N–H and O–H groups in total. The molecule has 3 rings (SSSR count). The van der Waals surface area contributed by atoms with E-state index < -0.39 is 0 Å². The molecular formula is C14H19ClN4S. The van der Waals surface area contributed by atoms with Crippen LogP contribution in [-0.4, -0.2) is 39.1 Å². The smallest absolute Gasteiger partial charge is 0.179 e. The normalized spacial score (nSPS) is 17.9. The van der Waals surface area contributed by atoms with Crippen molar-refractivity contribution < 1.29 is 0 Å². The number of hydrogen-bond donors (Lipinski definition) is 1. The summed E-state index contributed by atoms with van der Waals surface area (Å²) in [5.74, 6) is 0. The molecule has 3 heterocycles. The van der Waals surface area contributed by atoms with Crippen molar-refractivity contribution in [2.75, 3.05) is 19.6 Å². The van der Waals surface area contributed by atoms with Gasteiger partial charge in [-0.25, -0.2) is 4.98 Å². The van der Waals surface area contributed by atoms with E-state index in [1.165, 1.54) is 13.0 Å². The molecule has 0 aromatic carbocycles. The Labute approximate surface area is 128 Å². The first-order chi connectivity index (χ1) is 9.69. The predicted molar refractivity (Wildman–Crippen MR) is 84.9 cm³/mol. The molecule has 6 heteroatoms. The maximum atomic E-state index is 5.99. The van der Waals surface area contributed by atoms with Gasteiger partial charge >= 0.3 is 0 Å². The Balaban J connectivity index is 1.88. The van der Waals surface area contributed by atoms with Crippen LogP contribution in [0.25, 0.3) is 11.2 Å². The third kappa shape index (κ3) is 2.62. The number of pyridine rings is 1. The Morgan fingerprint density at radius 1 is 1.45 bits per heavy atom. The molecule has 1 saturated heterocycles. The number of rotatable bonds is 3. The summed E-state index contributed by atoms with van der Waals surface area (Å²) in [5, 5.41) is 0.638. The van der Waals surface area contributed by atoms with E-state index in [0.717, 1.165) is 41.9 Å². The number of likely N-dealkylation sites (tertiary alicyclic amines) is 1. The summed E-state index contributed by atoms with van der Waals surface area (Å²) in [4.78, 5) is 10.2. The number of halogens is 1. The number of piperidine rings is 1. The fraction of sp³-hybridized carbons (Fsp3) is 0.571. The number of nitrogens with one attached hydrogen (secondary N) is 1. The molecule has 2 aromatic heterocycles. The molecule has 1 aliphatic rings. The van der Waals surface area contributed by atoms with Crippen LogP contribution in [0.2, 0.25) is 5.02 Å². The second-order valence-corrected chi connectivity index (χ2v) is 6.22. The van der Waals surface area contributed by atoms with Crippen LogP contribution >= 0.6 is 23.8 Å². The molecule has 1 fully saturated rings. The van der Waals surface area contributed by atoms with E-state index in [-0.39, 0.29) is 0 Å². The van der Waals surface area contributed by atoms with Crippen LogP contribution in [0.1, 0.15) is 32.2 Å². The van der Waals surface area contributed by atoms with Gasteiger partial charge in [-0.3, -0.25) is 4.57 Å². The van der Waals surface area contributed by atoms with Crippen molar-refractivity contribution in [2.24, 2.45) is 0 Å². The molecule has 2 aromatic rings. The molecule has 0 amide bonds. The Bertz CT molecular complexity index is 655. The zero-order valence-electron chi connectivity index (χ0n) is 11.6. The number of aromatic nitrogens is 3. The van der Waals surface area contributed by atoms with Gasteiger partial charge in [0, 0.05) is 25.3 Å². The van der Waals surface area contributed by atoms with E-state index in [1.54, 1.807) is 6.20 Å². The summed E-state index contributed by atoms with van der Waals surface area (Å²) in [6, 6.07) is 2.33. The molecule has 0 atom stereocenters. The number of fused-ring (bicyclic) bond motifs is 1. The molecule has 20 heavy (non-hydrogen) atoms. The molecular weight excluding hydrogens is 292 g/mol. The molecule has 0 radical (unpaired) electrons. The van der Waals surface area contributed by atoms with Gasteiger partial charge in [-0.1, -0.05) is 18.5 Å². The minimum absolute atomic E-state index is 0.443. The van der Waals surface area contributed by atoms with E-state index in [2.05, 4.69) is 26.4 Å². The first kappa shape index (κ1) is 14.0. The van der Waals surface area contributed by atoms with E-state index in [1.807, 2.05) is 6.07 Å². The van der Waals surface area contributed by atoms with Crippen LogP contribution in [0, 0.1) is 4.77 Å². The quantitative estimate of drug-likeness (QED) is 0.876. The van der Waals surface area contributed by atoms with Crippen molar-refractivity contribution in [3.63, 3.8) is 0 Å². The summed E-state index contributed by atoms with van der Waals surface area (Å²) in [6.45, 7) is 5.70. The lowest BCUT2D eigenvalue weighted by molar-refractivity contribution is 0.188. The minimum atomic E-state index is 0.443. The Hall–Kier alpha value is -0.910. The third-order valence-corrected chi connectivity index (χ3v) is 4.49. The molecule has 0 saturated carbocycles. The molecule has 0 bridgehead atoms. The predicted octanol–water partition coefficient (Wildman–Crippen LogP) is 3.79. The molecule has 108 valence electrons. The summed E-state index contributed by atoms with van der Waals surface area (Å²) in [7, 11) is 0. The highest BCUT2D eigenvalue weighted by Crippen LogP contribution is 2.27. The van der Waals surface area contributed by atoms with E-state index in [0.29, 0.717) is 11.1 Å². The molecule has 1 aliphatic heterocycles. The standard InChI is InChI=1S/C14H19ClN4S/c1-2-5-18-6-3-11(4-7-18)19-13-12(17-14(19)20)8-10(15)9-16-13/h8-9,11H,2-7H2,1H3,(H,17,20). The van der Waals surface area contributed by atoms with Crippen LogP contribution in [0.5, 0.6) is 0 Å². The zero-order chi connectivity index (χ0) is 14.1. The largest absolute Gasteiger partial charge is 0.329 e. The highest BCUT2D eigenvalue weighted by molar-refractivity contribution is 7.71. The monoisotopic (exact) mass is 310 g/mol. The molecule has 0 aliphatic carbocycles. The lowest BCUT2D eigenvalue weighted by Crippen LogP contribution is -2.35. The Kier molecular flexibility index (Phi) is 4.10. The van der Waals surface area contributed by atoms with Crippen LogP contribution in [0.3, 0.4) is 0 Å². The van der Waals surface area contributed by atoms with Gasteiger partial charge in [0.25, 0.3) is 0 Å². The van der Waals surface area contributed by atoms with E-state index >= 15 is 0 Å². The van der Waals surface area contributed by atoms with Gasteiger partial charge in [-0.15, -0.1) is 0 Å². The highest BCUT2D eigenvalue weighted by atomic mass is 35.5. The minimum Gasteiger partial charge on any atom is -0.329 e. The first-order valence-electron chi connectivity index (χ1n) is 7.17. The average molecular weight is 311 g/mol. The van der Waals surface area contributed by atoms with Gasteiger partial charge in [0.1, 0.15) is 0 Å². The summed E-state index contributed by atoms with van der Waals surface area (Å²) in [6.07, 6.45) is 5.17. The summed E-state index contributed by atoms with van der Waals surface area (Å²) in [5.41, 5.74) is 1.85. The van der Waals surface area contributed by atoms with Gasteiger partial charge in [0.05, 0.1) is 10.5 Å². The maximum Gasteiger partial charge on any atom is 0.179 e. The SMILES string of the molecule is CCCN1CCC(n2c(=S)[nH]c3cc(Cl)cnc32)CC1. The molecule has 0 spiro atoms. The average Bonchev–Trinajstić information content (AvgIpc) is 2.75.